The van der Waals surface area contributed by atoms with Gasteiger partial charge in [0.05, 0.1) is 5.69 Å². The molecule has 0 unspecified atom stereocenters. The summed E-state index contributed by atoms with van der Waals surface area (Å²) in [4.78, 5) is 4.58. The fourth-order valence-electron chi connectivity index (χ4n) is 2.63. The van der Waals surface area contributed by atoms with E-state index >= 15 is 0 Å². The van der Waals surface area contributed by atoms with Gasteiger partial charge in [-0.25, -0.2) is 0 Å². The number of fused-ring (bicyclic) bond motifs is 3. The van der Waals surface area contributed by atoms with Crippen molar-refractivity contribution < 1.29 is 0 Å². The van der Waals surface area contributed by atoms with Gasteiger partial charge in [0, 0.05) is 18.2 Å². The van der Waals surface area contributed by atoms with Gasteiger partial charge in [0.1, 0.15) is 0 Å². The van der Waals surface area contributed by atoms with Gasteiger partial charge in [-0.2, -0.15) is 0 Å². The minimum absolute atomic E-state index is 0.994. The Morgan fingerprint density at radius 1 is 1.00 bits per heavy atom. The molecule has 0 aliphatic heterocycles. The van der Waals surface area contributed by atoms with E-state index < -0.39 is 0 Å². The number of rotatable bonds is 0. The fourth-order valence-corrected chi connectivity index (χ4v) is 2.63. The van der Waals surface area contributed by atoms with E-state index in [1.165, 1.54) is 39.1 Å². The van der Waals surface area contributed by atoms with Crippen LogP contribution in [0.5, 0.6) is 0 Å². The second kappa shape index (κ2) is 3.18. The van der Waals surface area contributed by atoms with Crippen LogP contribution < -0.4 is 0 Å². The van der Waals surface area contributed by atoms with E-state index in [0.717, 1.165) is 6.42 Å². The summed E-state index contributed by atoms with van der Waals surface area (Å²) in [6.45, 7) is 6.53. The largest absolute Gasteiger partial charge is 0.260 e. The molecule has 16 heavy (non-hydrogen) atoms. The predicted octanol–water partition coefficient (Wildman–Crippen LogP) is 3.58. The summed E-state index contributed by atoms with van der Waals surface area (Å²) in [7, 11) is 0. The Hall–Kier alpha value is -1.63. The van der Waals surface area contributed by atoms with Crippen molar-refractivity contribution in [1.29, 1.82) is 0 Å². The molecular weight excluding hydrogens is 194 g/mol. The summed E-state index contributed by atoms with van der Waals surface area (Å²) in [5.74, 6) is 0. The Morgan fingerprint density at radius 2 is 1.81 bits per heavy atom. The number of nitrogens with zero attached hydrogens (tertiary/aromatic N) is 1. The summed E-state index contributed by atoms with van der Waals surface area (Å²) in [5, 5.41) is 0. The van der Waals surface area contributed by atoms with Gasteiger partial charge in [0.15, 0.2) is 0 Å². The molecule has 1 nitrogen and oxygen atoms in total. The van der Waals surface area contributed by atoms with Crippen LogP contribution in [0, 0.1) is 20.8 Å². The summed E-state index contributed by atoms with van der Waals surface area (Å²) in [5.41, 5.74) is 9.52. The van der Waals surface area contributed by atoms with Crippen LogP contribution in [0.2, 0.25) is 0 Å². The molecule has 3 rings (SSSR count). The normalized spacial score (nSPS) is 12.4. The minimum atomic E-state index is 0.994. The predicted molar refractivity (Wildman–Crippen MR) is 66.7 cm³/mol. The number of aryl methyl sites for hydroxylation is 2. The zero-order valence-corrected chi connectivity index (χ0v) is 9.96. The van der Waals surface area contributed by atoms with Gasteiger partial charge in [0.25, 0.3) is 0 Å². The standard InChI is InChI=1S/C15H15N/c1-9-5-4-6-12-7-13-15(14(9)12)11(3)10(2)8-16-13/h4-6,8H,7H2,1-3H3. The maximum Gasteiger partial charge on any atom is 0.0528 e. The molecular formula is C15H15N. The molecule has 2 aromatic rings. The van der Waals surface area contributed by atoms with Crippen molar-refractivity contribution in [3.05, 3.63) is 52.3 Å². The maximum atomic E-state index is 4.58. The maximum absolute atomic E-state index is 4.58. The summed E-state index contributed by atoms with van der Waals surface area (Å²) in [6.07, 6.45) is 2.99. The molecule has 0 saturated carbocycles. The topological polar surface area (TPSA) is 12.9 Å². The third kappa shape index (κ3) is 1.15. The van der Waals surface area contributed by atoms with Gasteiger partial charge >= 0.3 is 0 Å². The lowest BCUT2D eigenvalue weighted by Crippen LogP contribution is -1.93. The first-order chi connectivity index (χ1) is 7.68. The molecule has 1 aromatic carbocycles. The molecule has 0 amide bonds. The van der Waals surface area contributed by atoms with Crippen LogP contribution in [0.4, 0.5) is 0 Å². The van der Waals surface area contributed by atoms with E-state index in [-0.39, 0.29) is 0 Å². The Labute approximate surface area is 96.2 Å². The molecule has 0 saturated heterocycles. The lowest BCUT2D eigenvalue weighted by molar-refractivity contribution is 1.09. The van der Waals surface area contributed by atoms with E-state index in [1.807, 2.05) is 6.20 Å². The van der Waals surface area contributed by atoms with Crippen molar-refractivity contribution in [1.82, 2.24) is 4.98 Å². The third-order valence-corrected chi connectivity index (χ3v) is 3.64. The van der Waals surface area contributed by atoms with Crippen LogP contribution in [0.3, 0.4) is 0 Å². The lowest BCUT2D eigenvalue weighted by atomic mass is 9.96. The molecule has 0 fully saturated rings. The number of pyridine rings is 1. The van der Waals surface area contributed by atoms with E-state index in [9.17, 15) is 0 Å². The molecule has 80 valence electrons. The zero-order valence-electron chi connectivity index (χ0n) is 9.96. The highest BCUT2D eigenvalue weighted by atomic mass is 14.7. The number of hydrogen-bond donors (Lipinski definition) is 0. The van der Waals surface area contributed by atoms with Gasteiger partial charge < -0.3 is 0 Å². The van der Waals surface area contributed by atoms with Crippen molar-refractivity contribution in [2.24, 2.45) is 0 Å². The molecule has 0 atom stereocenters. The summed E-state index contributed by atoms with van der Waals surface area (Å²) in [6, 6.07) is 6.55. The highest BCUT2D eigenvalue weighted by Gasteiger charge is 2.23. The summed E-state index contributed by atoms with van der Waals surface area (Å²) >= 11 is 0. The van der Waals surface area contributed by atoms with Crippen LogP contribution in [0.15, 0.2) is 24.4 Å². The molecule has 0 radical (unpaired) electrons. The van der Waals surface area contributed by atoms with Gasteiger partial charge in [-0.1, -0.05) is 18.2 Å². The zero-order chi connectivity index (χ0) is 11.3. The van der Waals surface area contributed by atoms with Crippen molar-refractivity contribution >= 4 is 0 Å². The quantitative estimate of drug-likeness (QED) is 0.551. The molecule has 0 bridgehead atoms. The van der Waals surface area contributed by atoms with Gasteiger partial charge in [-0.05, 0) is 48.6 Å². The van der Waals surface area contributed by atoms with Gasteiger partial charge in [-0.15, -0.1) is 0 Å². The van der Waals surface area contributed by atoms with Gasteiger partial charge in [0.2, 0.25) is 0 Å². The number of hydrogen-bond acceptors (Lipinski definition) is 1. The smallest absolute Gasteiger partial charge is 0.0528 e. The monoisotopic (exact) mass is 209 g/mol. The second-order valence-electron chi connectivity index (χ2n) is 4.67. The van der Waals surface area contributed by atoms with Crippen molar-refractivity contribution in [3.63, 3.8) is 0 Å². The van der Waals surface area contributed by atoms with Crippen molar-refractivity contribution in [2.45, 2.75) is 27.2 Å². The molecule has 1 heterocycles. The lowest BCUT2D eigenvalue weighted by Gasteiger charge is -2.09. The fraction of sp³-hybridized carbons (Fsp3) is 0.267. The van der Waals surface area contributed by atoms with Gasteiger partial charge in [-0.3, -0.25) is 4.98 Å². The average Bonchev–Trinajstić information content (AvgIpc) is 2.64. The average molecular weight is 209 g/mol. The van der Waals surface area contributed by atoms with Crippen molar-refractivity contribution in [2.75, 3.05) is 0 Å². The molecule has 1 aromatic heterocycles. The molecule has 1 aliphatic carbocycles. The second-order valence-corrected chi connectivity index (χ2v) is 4.67. The van der Waals surface area contributed by atoms with Crippen LogP contribution >= 0.6 is 0 Å². The molecule has 1 aliphatic rings. The molecule has 0 spiro atoms. The SMILES string of the molecule is Cc1cnc2c(c1C)-c1c(C)cccc1C2. The van der Waals surface area contributed by atoms with Crippen LogP contribution in [0.1, 0.15) is 27.9 Å². The number of aromatic nitrogens is 1. The number of benzene rings is 1. The van der Waals surface area contributed by atoms with E-state index in [2.05, 4.69) is 44.0 Å². The highest BCUT2D eigenvalue weighted by Crippen LogP contribution is 2.40. The van der Waals surface area contributed by atoms with E-state index in [4.69, 9.17) is 0 Å². The first kappa shape index (κ1) is 9.59. The first-order valence-corrected chi connectivity index (χ1v) is 5.72. The van der Waals surface area contributed by atoms with Crippen LogP contribution in [-0.2, 0) is 6.42 Å². The third-order valence-electron chi connectivity index (χ3n) is 3.64. The Bertz CT molecular complexity index is 582. The van der Waals surface area contributed by atoms with E-state index in [1.54, 1.807) is 0 Å². The van der Waals surface area contributed by atoms with Crippen molar-refractivity contribution in [3.8, 4) is 11.1 Å². The Morgan fingerprint density at radius 3 is 2.62 bits per heavy atom. The minimum Gasteiger partial charge on any atom is -0.260 e. The molecule has 1 heteroatoms. The van der Waals surface area contributed by atoms with E-state index in [0.29, 0.717) is 0 Å². The Balaban J connectivity index is 2.39. The van der Waals surface area contributed by atoms with Crippen LogP contribution in [-0.4, -0.2) is 4.98 Å². The Kier molecular flexibility index (Phi) is 1.90. The highest BCUT2D eigenvalue weighted by molar-refractivity contribution is 5.81. The van der Waals surface area contributed by atoms with Crippen LogP contribution in [0.25, 0.3) is 11.1 Å². The first-order valence-electron chi connectivity index (χ1n) is 5.72. The molecule has 0 N–H and O–H groups in total. The summed E-state index contributed by atoms with van der Waals surface area (Å²) < 4.78 is 0.